The van der Waals surface area contributed by atoms with E-state index in [1.165, 1.54) is 6.07 Å². The fourth-order valence-electron chi connectivity index (χ4n) is 2.99. The van der Waals surface area contributed by atoms with Gasteiger partial charge in [0.1, 0.15) is 17.9 Å². The molecule has 3 aromatic rings. The van der Waals surface area contributed by atoms with Crippen LogP contribution >= 0.6 is 0 Å². The molecular weight excluding hydrogens is 376 g/mol. The number of benzene rings is 2. The van der Waals surface area contributed by atoms with Crippen LogP contribution < -0.4 is 20.6 Å². The van der Waals surface area contributed by atoms with Crippen molar-refractivity contribution in [2.75, 3.05) is 24.7 Å². The molecule has 0 saturated carbocycles. The zero-order valence-electron chi connectivity index (χ0n) is 15.4. The molecule has 0 radical (unpaired) electrons. The Morgan fingerprint density at radius 1 is 1.10 bits per heavy atom. The van der Waals surface area contributed by atoms with E-state index in [2.05, 4.69) is 5.32 Å². The molecule has 2 amide bonds. The Hall–Kier alpha value is -3.81. The molecule has 0 aliphatic carbocycles. The van der Waals surface area contributed by atoms with E-state index in [0.717, 1.165) is 16.6 Å². The number of hydrogen-bond donors (Lipinski definition) is 1. The summed E-state index contributed by atoms with van der Waals surface area (Å²) in [5.74, 6) is 0.127. The molecule has 8 nitrogen and oxygen atoms in total. The first-order chi connectivity index (χ1) is 14.1. The number of cyclic esters (lactones) is 1. The minimum Gasteiger partial charge on any atom is -0.484 e. The number of fused-ring (bicyclic) bond motifs is 1. The van der Waals surface area contributed by atoms with Crippen molar-refractivity contribution in [1.29, 1.82) is 0 Å². The first-order valence-corrected chi connectivity index (χ1v) is 9.05. The van der Waals surface area contributed by atoms with Crippen molar-refractivity contribution in [3.8, 4) is 5.75 Å². The molecule has 29 heavy (non-hydrogen) atoms. The third-order valence-electron chi connectivity index (χ3n) is 4.44. The van der Waals surface area contributed by atoms with Crippen molar-refractivity contribution in [3.05, 3.63) is 70.6 Å². The second-order valence-corrected chi connectivity index (χ2v) is 6.46. The molecule has 0 atom stereocenters. The average Bonchev–Trinajstić information content (AvgIpc) is 3.16. The van der Waals surface area contributed by atoms with Crippen LogP contribution in [0.1, 0.15) is 5.56 Å². The van der Waals surface area contributed by atoms with E-state index in [9.17, 15) is 14.4 Å². The Balaban J connectivity index is 1.32. The predicted molar refractivity (Wildman–Crippen MR) is 105 cm³/mol. The lowest BCUT2D eigenvalue weighted by atomic mass is 10.2. The summed E-state index contributed by atoms with van der Waals surface area (Å²) >= 11 is 0. The van der Waals surface area contributed by atoms with Gasteiger partial charge < -0.3 is 19.2 Å². The van der Waals surface area contributed by atoms with Crippen LogP contribution in [0.2, 0.25) is 0 Å². The fraction of sp³-hybridized carbons (Fsp3) is 0.190. The Labute approximate surface area is 165 Å². The molecule has 1 aliphatic rings. The molecule has 1 fully saturated rings. The van der Waals surface area contributed by atoms with Gasteiger partial charge in [-0.25, -0.2) is 9.59 Å². The molecule has 2 heterocycles. The molecule has 0 bridgehead atoms. The van der Waals surface area contributed by atoms with Crippen molar-refractivity contribution < 1.29 is 23.5 Å². The van der Waals surface area contributed by atoms with E-state index >= 15 is 0 Å². The standard InChI is InChI=1S/C21H18N2O6/c24-19(13-28-17-6-4-15-5-7-20(25)29-18(15)11-17)22-12-14-2-1-3-16(10-14)23-8-9-27-21(23)26/h1-7,10-11H,8-9,12-13H2,(H,22,24). The van der Waals surface area contributed by atoms with Gasteiger partial charge in [-0.1, -0.05) is 12.1 Å². The SMILES string of the molecule is O=C(COc1ccc2ccc(=O)oc2c1)NCc1cccc(N2CCOC2=O)c1. The molecular formula is C21H18N2O6. The van der Waals surface area contributed by atoms with E-state index in [0.29, 0.717) is 31.0 Å². The smallest absolute Gasteiger partial charge is 0.414 e. The van der Waals surface area contributed by atoms with Gasteiger partial charge in [0.15, 0.2) is 6.61 Å². The highest BCUT2D eigenvalue weighted by Crippen LogP contribution is 2.20. The average molecular weight is 394 g/mol. The first kappa shape index (κ1) is 18.5. The van der Waals surface area contributed by atoms with Gasteiger partial charge >= 0.3 is 11.7 Å². The lowest BCUT2D eigenvalue weighted by molar-refractivity contribution is -0.123. The summed E-state index contributed by atoms with van der Waals surface area (Å²) in [5.41, 5.74) is 1.53. The number of nitrogens with one attached hydrogen (secondary N) is 1. The van der Waals surface area contributed by atoms with Gasteiger partial charge in [0.2, 0.25) is 0 Å². The second kappa shape index (κ2) is 8.05. The number of hydrogen-bond acceptors (Lipinski definition) is 6. The minimum absolute atomic E-state index is 0.180. The lowest BCUT2D eigenvalue weighted by Crippen LogP contribution is -2.28. The third-order valence-corrected chi connectivity index (χ3v) is 4.44. The first-order valence-electron chi connectivity index (χ1n) is 9.05. The van der Waals surface area contributed by atoms with Gasteiger partial charge in [-0.2, -0.15) is 0 Å². The topological polar surface area (TPSA) is 98.1 Å². The van der Waals surface area contributed by atoms with Crippen LogP contribution in [-0.4, -0.2) is 31.8 Å². The van der Waals surface area contributed by atoms with E-state index in [4.69, 9.17) is 13.9 Å². The van der Waals surface area contributed by atoms with Gasteiger partial charge in [0.25, 0.3) is 5.91 Å². The number of rotatable bonds is 6. The summed E-state index contributed by atoms with van der Waals surface area (Å²) in [7, 11) is 0. The van der Waals surface area contributed by atoms with E-state index in [1.807, 2.05) is 24.3 Å². The third kappa shape index (κ3) is 4.37. The van der Waals surface area contributed by atoms with Crippen molar-refractivity contribution >= 4 is 28.7 Å². The number of carbonyl (C=O) groups excluding carboxylic acids is 2. The number of amides is 2. The highest BCUT2D eigenvalue weighted by molar-refractivity contribution is 5.89. The Bertz CT molecular complexity index is 1120. The van der Waals surface area contributed by atoms with Crippen LogP contribution in [0.5, 0.6) is 5.75 Å². The summed E-state index contributed by atoms with van der Waals surface area (Å²) in [6, 6.07) is 15.4. The monoisotopic (exact) mass is 394 g/mol. The van der Waals surface area contributed by atoms with Crippen molar-refractivity contribution in [2.24, 2.45) is 0 Å². The summed E-state index contributed by atoms with van der Waals surface area (Å²) in [6.45, 7) is 0.996. The molecule has 4 rings (SSSR count). The zero-order chi connectivity index (χ0) is 20.2. The largest absolute Gasteiger partial charge is 0.484 e. The lowest BCUT2D eigenvalue weighted by Gasteiger charge is -2.14. The van der Waals surface area contributed by atoms with E-state index in [-0.39, 0.29) is 18.6 Å². The molecule has 1 aliphatic heterocycles. The van der Waals surface area contributed by atoms with Crippen LogP contribution in [0.15, 0.2) is 63.8 Å². The Kier molecular flexibility index (Phi) is 5.15. The maximum absolute atomic E-state index is 12.1. The highest BCUT2D eigenvalue weighted by atomic mass is 16.6. The van der Waals surface area contributed by atoms with Crippen molar-refractivity contribution in [1.82, 2.24) is 5.32 Å². The van der Waals surface area contributed by atoms with E-state index in [1.54, 1.807) is 29.2 Å². The molecule has 1 saturated heterocycles. The zero-order valence-corrected chi connectivity index (χ0v) is 15.4. The van der Waals surface area contributed by atoms with Crippen LogP contribution in [0.4, 0.5) is 10.5 Å². The molecule has 1 aromatic heterocycles. The van der Waals surface area contributed by atoms with Gasteiger partial charge in [0.05, 0.1) is 6.54 Å². The number of ether oxygens (including phenoxy) is 2. The van der Waals surface area contributed by atoms with Crippen molar-refractivity contribution in [2.45, 2.75) is 6.54 Å². The summed E-state index contributed by atoms with van der Waals surface area (Å²) < 4.78 is 15.5. The van der Waals surface area contributed by atoms with Gasteiger partial charge in [-0.3, -0.25) is 9.69 Å². The summed E-state index contributed by atoms with van der Waals surface area (Å²) in [5, 5.41) is 3.54. The number of carbonyl (C=O) groups is 2. The second-order valence-electron chi connectivity index (χ2n) is 6.46. The Morgan fingerprint density at radius 2 is 1.97 bits per heavy atom. The maximum Gasteiger partial charge on any atom is 0.414 e. The van der Waals surface area contributed by atoms with Crippen LogP contribution in [0.25, 0.3) is 11.0 Å². The van der Waals surface area contributed by atoms with Crippen molar-refractivity contribution in [3.63, 3.8) is 0 Å². The van der Waals surface area contributed by atoms with Gasteiger partial charge in [0, 0.05) is 29.8 Å². The molecule has 1 N–H and O–H groups in total. The molecule has 0 spiro atoms. The quantitative estimate of drug-likeness (QED) is 0.645. The van der Waals surface area contributed by atoms with Gasteiger partial charge in [-0.15, -0.1) is 0 Å². The molecule has 148 valence electrons. The molecule has 8 heteroatoms. The minimum atomic E-state index is -0.447. The molecule has 2 aromatic carbocycles. The Morgan fingerprint density at radius 3 is 2.79 bits per heavy atom. The highest BCUT2D eigenvalue weighted by Gasteiger charge is 2.23. The van der Waals surface area contributed by atoms with Crippen LogP contribution in [-0.2, 0) is 16.1 Å². The van der Waals surface area contributed by atoms with Crippen LogP contribution in [0.3, 0.4) is 0 Å². The van der Waals surface area contributed by atoms with Gasteiger partial charge in [-0.05, 0) is 35.9 Å². The van der Waals surface area contributed by atoms with E-state index < -0.39 is 5.63 Å². The number of anilines is 1. The molecule has 0 unspecified atom stereocenters. The predicted octanol–water partition coefficient (Wildman–Crippen LogP) is 2.44. The summed E-state index contributed by atoms with van der Waals surface area (Å²) in [6.07, 6.45) is -0.370. The summed E-state index contributed by atoms with van der Waals surface area (Å²) in [4.78, 5) is 36.6. The normalized spacial score (nSPS) is 13.4. The maximum atomic E-state index is 12.1. The fourth-order valence-corrected chi connectivity index (χ4v) is 2.99. The number of nitrogens with zero attached hydrogens (tertiary/aromatic N) is 1. The van der Waals surface area contributed by atoms with Crippen LogP contribution in [0, 0.1) is 0 Å².